The summed E-state index contributed by atoms with van der Waals surface area (Å²) in [4.78, 5) is 28.7. The smallest absolute Gasteiger partial charge is 0.341 e. The van der Waals surface area contributed by atoms with Crippen LogP contribution < -0.4 is 9.64 Å². The van der Waals surface area contributed by atoms with Gasteiger partial charge in [0.05, 0.1) is 5.57 Å². The molecule has 1 amide bonds. The maximum Gasteiger partial charge on any atom is 0.341 e. The summed E-state index contributed by atoms with van der Waals surface area (Å²) < 4.78 is 5.89. The number of rotatable bonds is 4. The van der Waals surface area contributed by atoms with E-state index in [9.17, 15) is 9.59 Å². The minimum atomic E-state index is -1.03. The van der Waals surface area contributed by atoms with E-state index < -0.39 is 12.6 Å². The minimum absolute atomic E-state index is 0.123. The van der Waals surface area contributed by atoms with Crippen molar-refractivity contribution in [3.8, 4) is 5.75 Å². The summed E-state index contributed by atoms with van der Waals surface area (Å²) >= 11 is 3.37. The molecule has 0 aliphatic carbocycles. The topological polar surface area (TPSA) is 79.7 Å². The van der Waals surface area contributed by atoms with Crippen LogP contribution in [0.2, 0.25) is 0 Å². The fraction of sp³-hybridized carbons (Fsp3) is 0.118. The van der Waals surface area contributed by atoms with E-state index in [-0.39, 0.29) is 5.91 Å². The zero-order chi connectivity index (χ0) is 17.3. The third-order valence-corrected chi connectivity index (χ3v) is 3.96. The van der Waals surface area contributed by atoms with E-state index in [1.54, 1.807) is 43.6 Å². The van der Waals surface area contributed by atoms with E-state index in [4.69, 9.17) is 9.84 Å². The Morgan fingerprint density at radius 3 is 2.75 bits per heavy atom. The molecule has 0 radical (unpaired) electrons. The second-order valence-electron chi connectivity index (χ2n) is 5.20. The first kappa shape index (κ1) is 16.2. The first-order chi connectivity index (χ1) is 11.5. The number of pyridine rings is 1. The number of likely N-dealkylation sites (N-methyl/N-ethyl adjacent to an activating group) is 1. The van der Waals surface area contributed by atoms with Crippen molar-refractivity contribution in [2.75, 3.05) is 18.6 Å². The Labute approximate surface area is 146 Å². The Morgan fingerprint density at radius 1 is 1.38 bits per heavy atom. The van der Waals surface area contributed by atoms with Crippen LogP contribution in [0.3, 0.4) is 0 Å². The molecule has 0 atom stereocenters. The number of amides is 1. The lowest BCUT2D eigenvalue weighted by molar-refractivity contribution is -0.139. The molecule has 1 aromatic carbocycles. The van der Waals surface area contributed by atoms with Crippen LogP contribution in [0.15, 0.2) is 41.0 Å². The van der Waals surface area contributed by atoms with E-state index in [0.29, 0.717) is 17.1 Å². The van der Waals surface area contributed by atoms with Gasteiger partial charge in [0, 0.05) is 23.3 Å². The molecule has 3 rings (SSSR count). The van der Waals surface area contributed by atoms with Crippen LogP contribution in [0, 0.1) is 0 Å². The van der Waals surface area contributed by atoms with Gasteiger partial charge in [-0.3, -0.25) is 9.69 Å². The summed E-state index contributed by atoms with van der Waals surface area (Å²) in [5, 5.41) is 8.60. The Hall–Kier alpha value is -2.67. The lowest BCUT2D eigenvalue weighted by Gasteiger charge is -2.07. The molecule has 1 aliphatic heterocycles. The van der Waals surface area contributed by atoms with Crippen molar-refractivity contribution >= 4 is 45.3 Å². The lowest BCUT2D eigenvalue weighted by Crippen LogP contribution is -2.20. The Kier molecular flexibility index (Phi) is 4.35. The van der Waals surface area contributed by atoms with Gasteiger partial charge in [0.2, 0.25) is 0 Å². The molecule has 122 valence electrons. The van der Waals surface area contributed by atoms with Crippen molar-refractivity contribution < 1.29 is 19.4 Å². The molecule has 0 unspecified atom stereocenters. The van der Waals surface area contributed by atoms with Gasteiger partial charge < -0.3 is 9.84 Å². The van der Waals surface area contributed by atoms with Crippen molar-refractivity contribution in [1.29, 1.82) is 0 Å². The van der Waals surface area contributed by atoms with Crippen molar-refractivity contribution in [2.24, 2.45) is 0 Å². The summed E-state index contributed by atoms with van der Waals surface area (Å²) in [5.41, 5.74) is 2.13. The van der Waals surface area contributed by atoms with E-state index in [0.717, 1.165) is 15.6 Å². The summed E-state index contributed by atoms with van der Waals surface area (Å²) in [6.45, 7) is -0.392. The van der Waals surface area contributed by atoms with Crippen molar-refractivity contribution in [3.63, 3.8) is 0 Å². The van der Waals surface area contributed by atoms with Gasteiger partial charge in [-0.2, -0.15) is 0 Å². The molecule has 1 N–H and O–H groups in total. The van der Waals surface area contributed by atoms with Gasteiger partial charge in [-0.25, -0.2) is 9.78 Å². The zero-order valence-corrected chi connectivity index (χ0v) is 14.3. The molecule has 2 aromatic rings. The third kappa shape index (κ3) is 3.16. The Balaban J connectivity index is 1.90. The molecule has 0 bridgehead atoms. The first-order valence-corrected chi connectivity index (χ1v) is 7.85. The number of hydrogen-bond acceptors (Lipinski definition) is 4. The monoisotopic (exact) mass is 388 g/mol. The van der Waals surface area contributed by atoms with Crippen molar-refractivity contribution in [1.82, 2.24) is 4.98 Å². The van der Waals surface area contributed by atoms with E-state index in [1.165, 1.54) is 4.90 Å². The second-order valence-corrected chi connectivity index (χ2v) is 6.11. The van der Waals surface area contributed by atoms with Crippen LogP contribution in [0.1, 0.15) is 11.1 Å². The van der Waals surface area contributed by atoms with Gasteiger partial charge in [0.25, 0.3) is 5.91 Å². The molecule has 0 spiro atoms. The van der Waals surface area contributed by atoms with E-state index >= 15 is 0 Å². The maximum atomic E-state index is 12.4. The molecule has 1 aromatic heterocycles. The molecular formula is C17H13BrN2O4. The number of fused-ring (bicyclic) bond motifs is 1. The number of aliphatic carboxylic acids is 1. The quantitative estimate of drug-likeness (QED) is 0.814. The number of nitrogens with zero attached hydrogens (tertiary/aromatic N) is 2. The number of halogens is 1. The molecule has 0 fully saturated rings. The van der Waals surface area contributed by atoms with Gasteiger partial charge >= 0.3 is 5.97 Å². The molecular weight excluding hydrogens is 376 g/mol. The summed E-state index contributed by atoms with van der Waals surface area (Å²) in [5.74, 6) is -0.0765. The summed E-state index contributed by atoms with van der Waals surface area (Å²) in [6, 6.07) is 8.72. The molecule has 0 saturated heterocycles. The summed E-state index contributed by atoms with van der Waals surface area (Å²) in [6.07, 6.45) is 3.43. The molecule has 2 heterocycles. The number of carbonyl (C=O) groups excluding carboxylic acids is 1. The van der Waals surface area contributed by atoms with Crippen LogP contribution >= 0.6 is 15.9 Å². The van der Waals surface area contributed by atoms with Gasteiger partial charge in [0.15, 0.2) is 6.61 Å². The molecule has 6 nitrogen and oxygen atoms in total. The van der Waals surface area contributed by atoms with Gasteiger partial charge in [-0.05, 0) is 45.8 Å². The Bertz CT molecular complexity index is 846. The average molecular weight is 389 g/mol. The molecule has 1 aliphatic rings. The predicted molar refractivity (Wildman–Crippen MR) is 92.8 cm³/mol. The summed E-state index contributed by atoms with van der Waals surface area (Å²) in [7, 11) is 1.69. The molecule has 7 heteroatoms. The highest BCUT2D eigenvalue weighted by Gasteiger charge is 2.31. The highest BCUT2D eigenvalue weighted by Crippen LogP contribution is 2.36. The Morgan fingerprint density at radius 2 is 2.08 bits per heavy atom. The second kappa shape index (κ2) is 6.45. The standard InChI is InChI=1S/C17H13BrN2O4/c1-20-16-13(7-11(18)8-19-16)14(17(20)23)6-10-2-4-12(5-3-10)24-9-15(21)22/h2-8H,9H2,1H3,(H,21,22). The van der Waals surface area contributed by atoms with E-state index in [1.807, 2.05) is 6.07 Å². The largest absolute Gasteiger partial charge is 0.482 e. The zero-order valence-electron chi connectivity index (χ0n) is 12.7. The number of carboxylic acids is 1. The number of ether oxygens (including phenoxy) is 1. The van der Waals surface area contributed by atoms with Gasteiger partial charge in [0.1, 0.15) is 11.6 Å². The number of aromatic nitrogens is 1. The van der Waals surface area contributed by atoms with Crippen LogP contribution in [0.5, 0.6) is 5.75 Å². The van der Waals surface area contributed by atoms with Gasteiger partial charge in [-0.1, -0.05) is 12.1 Å². The number of carbonyl (C=O) groups is 2. The lowest BCUT2D eigenvalue weighted by atomic mass is 10.1. The van der Waals surface area contributed by atoms with Crippen LogP contribution in [0.4, 0.5) is 5.82 Å². The highest BCUT2D eigenvalue weighted by atomic mass is 79.9. The molecule has 0 saturated carbocycles. The van der Waals surface area contributed by atoms with E-state index in [2.05, 4.69) is 20.9 Å². The predicted octanol–water partition coefficient (Wildman–Crippen LogP) is 2.82. The van der Waals surface area contributed by atoms with Gasteiger partial charge in [-0.15, -0.1) is 0 Å². The average Bonchev–Trinajstić information content (AvgIpc) is 2.78. The maximum absolute atomic E-state index is 12.4. The van der Waals surface area contributed by atoms with Crippen molar-refractivity contribution in [3.05, 3.63) is 52.1 Å². The van der Waals surface area contributed by atoms with Crippen molar-refractivity contribution in [2.45, 2.75) is 0 Å². The van der Waals surface area contributed by atoms with Crippen LogP contribution in [-0.4, -0.2) is 35.6 Å². The third-order valence-electron chi connectivity index (χ3n) is 3.53. The highest BCUT2D eigenvalue weighted by molar-refractivity contribution is 9.10. The number of anilines is 1. The number of hydrogen-bond donors (Lipinski definition) is 1. The number of benzene rings is 1. The van der Waals surface area contributed by atoms with Crippen LogP contribution in [-0.2, 0) is 9.59 Å². The minimum Gasteiger partial charge on any atom is -0.482 e. The fourth-order valence-electron chi connectivity index (χ4n) is 2.40. The number of carboxylic acid groups (broad SMARTS) is 1. The fourth-order valence-corrected chi connectivity index (χ4v) is 2.73. The molecule has 24 heavy (non-hydrogen) atoms. The first-order valence-electron chi connectivity index (χ1n) is 7.06. The normalized spacial score (nSPS) is 14.8. The SMILES string of the molecule is CN1C(=O)C(=Cc2ccc(OCC(=O)O)cc2)c2cc(Br)cnc21. The van der Waals surface area contributed by atoms with Crippen LogP contribution in [0.25, 0.3) is 11.6 Å².